The summed E-state index contributed by atoms with van der Waals surface area (Å²) in [5.74, 6) is -2.64. The molecule has 8 atom stereocenters. The van der Waals surface area contributed by atoms with Gasteiger partial charge in [0.05, 0.1) is 58.2 Å². The Bertz CT molecular complexity index is 768. The highest BCUT2D eigenvalue weighted by Gasteiger charge is 2.51. The van der Waals surface area contributed by atoms with E-state index in [4.69, 9.17) is 38.3 Å². The van der Waals surface area contributed by atoms with Gasteiger partial charge in [0, 0.05) is 5.92 Å². The van der Waals surface area contributed by atoms with Gasteiger partial charge in [-0.1, -0.05) is 6.92 Å². The van der Waals surface area contributed by atoms with Crippen LogP contribution in [-0.2, 0) is 52.3 Å². The minimum absolute atomic E-state index is 0.0564. The van der Waals surface area contributed by atoms with Gasteiger partial charge in [-0.2, -0.15) is 0 Å². The van der Waals surface area contributed by atoms with Gasteiger partial charge in [0.25, 0.3) is 0 Å². The fourth-order valence-corrected chi connectivity index (χ4v) is 4.48. The number of fused-ring (bicyclic) bond motifs is 2. The van der Waals surface area contributed by atoms with Crippen molar-refractivity contribution in [2.45, 2.75) is 75.3 Å². The molecular formula is C21H28O12. The van der Waals surface area contributed by atoms with Crippen LogP contribution in [0.4, 0.5) is 0 Å². The number of aliphatic carboxylic acids is 1. The predicted octanol–water partition coefficient (Wildman–Crippen LogP) is -0.402. The Labute approximate surface area is 189 Å². The molecule has 33 heavy (non-hydrogen) atoms. The minimum atomic E-state index is -1.09. The summed E-state index contributed by atoms with van der Waals surface area (Å²) in [7, 11) is 0. The Hall–Kier alpha value is -2.28. The fourth-order valence-electron chi connectivity index (χ4n) is 4.48. The van der Waals surface area contributed by atoms with Crippen molar-refractivity contribution in [3.8, 4) is 0 Å². The van der Waals surface area contributed by atoms with Gasteiger partial charge in [-0.15, -0.1) is 0 Å². The maximum Gasteiger partial charge on any atom is 0.306 e. The number of esters is 3. The third-order valence-corrected chi connectivity index (χ3v) is 6.14. The summed E-state index contributed by atoms with van der Waals surface area (Å²) in [6, 6.07) is 0. The van der Waals surface area contributed by atoms with Crippen molar-refractivity contribution in [3.05, 3.63) is 0 Å². The second-order valence-electron chi connectivity index (χ2n) is 8.65. The minimum Gasteiger partial charge on any atom is -0.481 e. The van der Waals surface area contributed by atoms with E-state index in [1.165, 1.54) is 0 Å². The van der Waals surface area contributed by atoms with E-state index < -0.39 is 54.4 Å². The highest BCUT2D eigenvalue weighted by Crippen LogP contribution is 2.33. The molecule has 4 aliphatic heterocycles. The molecule has 0 unspecified atom stereocenters. The number of ether oxygens (including phenoxy) is 7. The van der Waals surface area contributed by atoms with Crippen molar-refractivity contribution in [2.24, 2.45) is 5.92 Å². The Morgan fingerprint density at radius 2 is 1.00 bits per heavy atom. The summed E-state index contributed by atoms with van der Waals surface area (Å²) in [5, 5.41) is 8.64. The number of carbonyl (C=O) groups excluding carboxylic acids is 3. The van der Waals surface area contributed by atoms with Crippen LogP contribution in [0.1, 0.15) is 32.6 Å². The van der Waals surface area contributed by atoms with Crippen LogP contribution in [0.5, 0.6) is 0 Å². The zero-order valence-corrected chi connectivity index (χ0v) is 18.2. The van der Waals surface area contributed by atoms with Gasteiger partial charge in [-0.05, 0) is 0 Å². The molecule has 0 aromatic carbocycles. The molecule has 0 aliphatic carbocycles. The summed E-state index contributed by atoms with van der Waals surface area (Å²) in [6.45, 7) is 2.97. The van der Waals surface area contributed by atoms with Gasteiger partial charge in [-0.25, -0.2) is 0 Å². The molecule has 0 saturated carbocycles. The first kappa shape index (κ1) is 23.9. The Kier molecular flexibility index (Phi) is 7.47. The zero-order chi connectivity index (χ0) is 23.5. The summed E-state index contributed by atoms with van der Waals surface area (Å²) in [6.07, 6.45) is -4.32. The van der Waals surface area contributed by atoms with Crippen LogP contribution >= 0.6 is 0 Å². The van der Waals surface area contributed by atoms with Gasteiger partial charge in [0.2, 0.25) is 0 Å². The van der Waals surface area contributed by atoms with Gasteiger partial charge in [0.1, 0.15) is 18.3 Å². The molecule has 0 bridgehead atoms. The quantitative estimate of drug-likeness (QED) is 0.343. The van der Waals surface area contributed by atoms with Crippen LogP contribution in [0.15, 0.2) is 0 Å². The number of carboxylic acids is 1. The maximum atomic E-state index is 12.2. The van der Waals surface area contributed by atoms with E-state index in [2.05, 4.69) is 0 Å². The lowest BCUT2D eigenvalue weighted by Gasteiger charge is -2.18. The molecule has 12 nitrogen and oxygen atoms in total. The van der Waals surface area contributed by atoms with Crippen molar-refractivity contribution in [3.63, 3.8) is 0 Å². The van der Waals surface area contributed by atoms with E-state index in [9.17, 15) is 19.2 Å². The number of rotatable bonds is 9. The van der Waals surface area contributed by atoms with Crippen molar-refractivity contribution < 1.29 is 57.4 Å². The molecule has 0 amide bonds. The molecule has 4 fully saturated rings. The molecule has 0 aromatic heterocycles. The Morgan fingerprint density at radius 3 is 1.45 bits per heavy atom. The molecule has 4 saturated heterocycles. The first-order valence-corrected chi connectivity index (χ1v) is 11.1. The summed E-state index contributed by atoms with van der Waals surface area (Å²) >= 11 is 0. The SMILES string of the molecule is C[C@H]1CO[C@H]2[C@@H]1OC[C@@H]2OC(=O)CCC(=O)O[C@H]1CO[C@H]2[C@@H]1OC[C@@H]2OC(=O)CCC(=O)O. The number of carbonyl (C=O) groups is 4. The highest BCUT2D eigenvalue weighted by atomic mass is 16.7. The highest BCUT2D eigenvalue weighted by molar-refractivity contribution is 5.78. The van der Waals surface area contributed by atoms with Gasteiger partial charge < -0.3 is 38.3 Å². The molecule has 0 spiro atoms. The predicted molar refractivity (Wildman–Crippen MR) is 104 cm³/mol. The summed E-state index contributed by atoms with van der Waals surface area (Å²) in [5.41, 5.74) is 0. The van der Waals surface area contributed by atoms with Crippen LogP contribution < -0.4 is 0 Å². The number of hydrogen-bond donors (Lipinski definition) is 1. The second kappa shape index (κ2) is 10.3. The summed E-state index contributed by atoms with van der Waals surface area (Å²) in [4.78, 5) is 46.7. The molecule has 12 heteroatoms. The van der Waals surface area contributed by atoms with Crippen molar-refractivity contribution in [1.82, 2.24) is 0 Å². The molecule has 4 aliphatic rings. The average Bonchev–Trinajstić information content (AvgIpc) is 3.52. The first-order valence-electron chi connectivity index (χ1n) is 11.1. The van der Waals surface area contributed by atoms with Crippen LogP contribution in [0.25, 0.3) is 0 Å². The second-order valence-corrected chi connectivity index (χ2v) is 8.65. The molecule has 4 heterocycles. The summed E-state index contributed by atoms with van der Waals surface area (Å²) < 4.78 is 38.5. The lowest BCUT2D eigenvalue weighted by atomic mass is 10.0. The van der Waals surface area contributed by atoms with Gasteiger partial charge >= 0.3 is 23.9 Å². The lowest BCUT2D eigenvalue weighted by Crippen LogP contribution is -2.36. The van der Waals surface area contributed by atoms with E-state index >= 15 is 0 Å². The van der Waals surface area contributed by atoms with Crippen LogP contribution in [0.2, 0.25) is 0 Å². The van der Waals surface area contributed by atoms with Gasteiger partial charge in [-0.3, -0.25) is 19.2 Å². The van der Waals surface area contributed by atoms with Crippen molar-refractivity contribution in [2.75, 3.05) is 26.4 Å². The average molecular weight is 472 g/mol. The largest absolute Gasteiger partial charge is 0.481 e. The van der Waals surface area contributed by atoms with E-state index in [1.807, 2.05) is 6.92 Å². The topological polar surface area (TPSA) is 153 Å². The number of carboxylic acid groups (broad SMARTS) is 1. The molecule has 184 valence electrons. The van der Waals surface area contributed by atoms with E-state index in [-0.39, 0.29) is 63.6 Å². The fraction of sp³-hybridized carbons (Fsp3) is 0.810. The molecular weight excluding hydrogens is 444 g/mol. The van der Waals surface area contributed by atoms with Crippen LogP contribution in [-0.4, -0.2) is 98.1 Å². The molecule has 1 N–H and O–H groups in total. The van der Waals surface area contributed by atoms with E-state index in [0.717, 1.165) is 0 Å². The van der Waals surface area contributed by atoms with Gasteiger partial charge in [0.15, 0.2) is 18.3 Å². The third-order valence-electron chi connectivity index (χ3n) is 6.14. The van der Waals surface area contributed by atoms with Crippen LogP contribution in [0.3, 0.4) is 0 Å². The lowest BCUT2D eigenvalue weighted by molar-refractivity contribution is -0.161. The first-order chi connectivity index (χ1) is 15.8. The standard InChI is InChI=1S/C21H28O12/c1-10-6-27-19-11(7-28-18(10)19)31-16(25)4-5-17(26)33-13-9-30-20-12(8-29-21(13)20)32-15(24)3-2-14(22)23/h10-13,18-21H,2-9H2,1H3,(H,22,23)/t10-,11-,12-,13-,18+,19+,20+,21+/m0/s1. The molecule has 0 aromatic rings. The van der Waals surface area contributed by atoms with Crippen molar-refractivity contribution in [1.29, 1.82) is 0 Å². The monoisotopic (exact) mass is 472 g/mol. The Morgan fingerprint density at radius 1 is 0.636 bits per heavy atom. The molecule has 4 rings (SSSR count). The smallest absolute Gasteiger partial charge is 0.306 e. The number of hydrogen-bond acceptors (Lipinski definition) is 11. The maximum absolute atomic E-state index is 12.2. The van der Waals surface area contributed by atoms with E-state index in [1.54, 1.807) is 0 Å². The Balaban J connectivity index is 1.16. The third kappa shape index (κ3) is 5.62. The molecule has 0 radical (unpaired) electrons. The van der Waals surface area contributed by atoms with E-state index in [0.29, 0.717) is 6.61 Å². The van der Waals surface area contributed by atoms with Crippen LogP contribution in [0, 0.1) is 5.92 Å². The zero-order valence-electron chi connectivity index (χ0n) is 18.2. The normalized spacial score (nSPS) is 36.8. The van der Waals surface area contributed by atoms with Crippen molar-refractivity contribution >= 4 is 23.9 Å².